The number of benzene rings is 2. The molecule has 1 aromatic heterocycles. The number of Topliss-reactive ketones (excluding diaryl/α,β-unsaturated/α-hetero) is 1. The Morgan fingerprint density at radius 2 is 1.91 bits per heavy atom. The number of aliphatic hydroxyl groups is 1. The van der Waals surface area contributed by atoms with Crippen molar-refractivity contribution in [2.24, 2.45) is 0 Å². The maximum atomic E-state index is 13.2. The zero-order valence-corrected chi connectivity index (χ0v) is 18.8. The van der Waals surface area contributed by atoms with Crippen LogP contribution in [-0.4, -0.2) is 41.5 Å². The summed E-state index contributed by atoms with van der Waals surface area (Å²) in [5, 5.41) is 11.3. The van der Waals surface area contributed by atoms with Gasteiger partial charge in [0, 0.05) is 5.56 Å². The number of ketones is 1. The highest BCUT2D eigenvalue weighted by Crippen LogP contribution is 2.42. The number of amides is 1. The maximum Gasteiger partial charge on any atom is 0.296 e. The van der Waals surface area contributed by atoms with E-state index in [1.165, 1.54) is 11.2 Å². The summed E-state index contributed by atoms with van der Waals surface area (Å²) in [6.45, 7) is 4.82. The molecular weight excluding hydrogens is 450 g/mol. The Hall–Kier alpha value is -4.46. The van der Waals surface area contributed by atoms with E-state index in [9.17, 15) is 14.7 Å². The number of carbonyl (C=O) groups excluding carboxylic acids is 2. The van der Waals surface area contributed by atoms with Crippen molar-refractivity contribution in [1.82, 2.24) is 4.90 Å². The van der Waals surface area contributed by atoms with Gasteiger partial charge in [-0.2, -0.15) is 0 Å². The van der Waals surface area contributed by atoms with Crippen LogP contribution in [0.1, 0.15) is 22.9 Å². The van der Waals surface area contributed by atoms with Crippen LogP contribution in [0, 0.1) is 0 Å². The summed E-state index contributed by atoms with van der Waals surface area (Å²) in [6.07, 6.45) is 3.12. The lowest BCUT2D eigenvalue weighted by atomic mass is 9.95. The molecule has 2 aromatic carbocycles. The summed E-state index contributed by atoms with van der Waals surface area (Å²) in [6, 6.07) is 14.5. The highest BCUT2D eigenvalue weighted by atomic mass is 16.6. The van der Waals surface area contributed by atoms with E-state index >= 15 is 0 Å². The highest BCUT2D eigenvalue weighted by Gasteiger charge is 2.46. The van der Waals surface area contributed by atoms with Gasteiger partial charge in [-0.05, 0) is 48.0 Å². The molecule has 0 bridgehead atoms. The van der Waals surface area contributed by atoms with Gasteiger partial charge < -0.3 is 28.6 Å². The highest BCUT2D eigenvalue weighted by molar-refractivity contribution is 6.46. The Morgan fingerprint density at radius 3 is 2.69 bits per heavy atom. The molecular formula is C27H23NO7. The van der Waals surface area contributed by atoms with Gasteiger partial charge in [0.25, 0.3) is 11.7 Å². The Labute approximate surface area is 201 Å². The second kappa shape index (κ2) is 9.42. The second-order valence-corrected chi connectivity index (χ2v) is 8.04. The topological polar surface area (TPSA) is 98.4 Å². The van der Waals surface area contributed by atoms with Crippen LogP contribution in [0.4, 0.5) is 0 Å². The smallest absolute Gasteiger partial charge is 0.296 e. The van der Waals surface area contributed by atoms with Crippen LogP contribution < -0.4 is 14.2 Å². The number of furan rings is 1. The molecule has 0 unspecified atom stereocenters. The first-order valence-electron chi connectivity index (χ1n) is 11.1. The number of hydrogen-bond donors (Lipinski definition) is 1. The fraction of sp³-hybridized carbons (Fsp3) is 0.185. The van der Waals surface area contributed by atoms with Crippen molar-refractivity contribution >= 4 is 17.4 Å². The molecule has 2 aliphatic rings. The molecule has 3 heterocycles. The summed E-state index contributed by atoms with van der Waals surface area (Å²) in [5.74, 6) is 0.246. The van der Waals surface area contributed by atoms with Gasteiger partial charge >= 0.3 is 0 Å². The first-order valence-corrected chi connectivity index (χ1v) is 11.1. The molecule has 5 rings (SSSR count). The third-order valence-corrected chi connectivity index (χ3v) is 5.80. The van der Waals surface area contributed by atoms with Crippen molar-refractivity contribution in [1.29, 1.82) is 0 Å². The van der Waals surface area contributed by atoms with E-state index in [-0.39, 0.29) is 17.9 Å². The molecule has 1 N–H and O–H groups in total. The van der Waals surface area contributed by atoms with Gasteiger partial charge in [-0.1, -0.05) is 24.8 Å². The van der Waals surface area contributed by atoms with E-state index in [0.717, 1.165) is 0 Å². The number of aliphatic hydroxyl groups excluding tert-OH is 1. The van der Waals surface area contributed by atoms with Gasteiger partial charge in [-0.3, -0.25) is 9.59 Å². The number of likely N-dealkylation sites (tertiary alicyclic amines) is 1. The third-order valence-electron chi connectivity index (χ3n) is 5.80. The van der Waals surface area contributed by atoms with Crippen molar-refractivity contribution in [3.63, 3.8) is 0 Å². The molecule has 178 valence electrons. The third kappa shape index (κ3) is 4.26. The van der Waals surface area contributed by atoms with Crippen LogP contribution in [0.3, 0.4) is 0 Å². The first-order chi connectivity index (χ1) is 17.1. The fourth-order valence-corrected chi connectivity index (χ4v) is 4.24. The summed E-state index contributed by atoms with van der Waals surface area (Å²) in [5.41, 5.74) is 0.921. The van der Waals surface area contributed by atoms with Gasteiger partial charge in [0.1, 0.15) is 37.1 Å². The van der Waals surface area contributed by atoms with E-state index in [4.69, 9.17) is 18.6 Å². The number of rotatable bonds is 7. The van der Waals surface area contributed by atoms with E-state index in [1.54, 1.807) is 60.7 Å². The Kier molecular flexibility index (Phi) is 6.01. The van der Waals surface area contributed by atoms with E-state index < -0.39 is 17.7 Å². The average molecular weight is 473 g/mol. The molecule has 1 fully saturated rings. The molecule has 0 spiro atoms. The normalized spacial score (nSPS) is 18.5. The van der Waals surface area contributed by atoms with Gasteiger partial charge in [0.2, 0.25) is 0 Å². The number of fused-ring (bicyclic) bond motifs is 1. The summed E-state index contributed by atoms with van der Waals surface area (Å²) < 4.78 is 22.3. The minimum absolute atomic E-state index is 0.0286. The zero-order chi connectivity index (χ0) is 24.4. The van der Waals surface area contributed by atoms with Crippen molar-refractivity contribution in [3.8, 4) is 17.2 Å². The van der Waals surface area contributed by atoms with Crippen LogP contribution in [0.15, 0.2) is 83.5 Å². The van der Waals surface area contributed by atoms with E-state index in [0.29, 0.717) is 54.0 Å². The maximum absolute atomic E-state index is 13.2. The molecule has 3 aromatic rings. The molecule has 35 heavy (non-hydrogen) atoms. The monoisotopic (exact) mass is 473 g/mol. The predicted octanol–water partition coefficient (Wildman–Crippen LogP) is 4.24. The quantitative estimate of drug-likeness (QED) is 0.237. The number of carbonyl (C=O) groups is 2. The van der Waals surface area contributed by atoms with Gasteiger partial charge in [-0.15, -0.1) is 0 Å². The van der Waals surface area contributed by atoms with Crippen LogP contribution in [0.25, 0.3) is 5.76 Å². The van der Waals surface area contributed by atoms with Crippen LogP contribution >= 0.6 is 0 Å². The fourth-order valence-electron chi connectivity index (χ4n) is 4.24. The average Bonchev–Trinajstić information content (AvgIpc) is 3.49. The van der Waals surface area contributed by atoms with Crippen molar-refractivity contribution < 1.29 is 33.3 Å². The lowest BCUT2D eigenvalue weighted by Gasteiger charge is -2.25. The Balaban J connectivity index is 1.62. The zero-order valence-electron chi connectivity index (χ0n) is 18.8. The molecule has 1 atom stereocenters. The lowest BCUT2D eigenvalue weighted by Crippen LogP contribution is -2.29. The summed E-state index contributed by atoms with van der Waals surface area (Å²) in [7, 11) is 0. The first kappa shape index (κ1) is 22.3. The SMILES string of the molecule is C=CCOc1cccc([C@@H]2/C(=C(\O)c3ccc4c(c3)OCCO4)C(=O)C(=O)N2Cc2ccco2)c1. The molecule has 8 heteroatoms. The number of hydrogen-bond acceptors (Lipinski definition) is 7. The second-order valence-electron chi connectivity index (χ2n) is 8.04. The van der Waals surface area contributed by atoms with Crippen molar-refractivity contribution in [2.45, 2.75) is 12.6 Å². The van der Waals surface area contributed by atoms with Crippen molar-refractivity contribution in [3.05, 3.63) is 96.0 Å². The molecule has 8 nitrogen and oxygen atoms in total. The summed E-state index contributed by atoms with van der Waals surface area (Å²) >= 11 is 0. The molecule has 0 radical (unpaired) electrons. The van der Waals surface area contributed by atoms with Crippen molar-refractivity contribution in [2.75, 3.05) is 19.8 Å². The standard InChI is InChI=1S/C27H23NO7/c1-2-10-32-19-6-3-5-17(14-19)24-23(26(30)27(31)28(24)16-20-7-4-11-33-20)25(29)18-8-9-21-22(15-18)35-13-12-34-21/h2-9,11,14-15,24,29H,1,10,12-13,16H2/b25-23+/t24-/m1/s1. The largest absolute Gasteiger partial charge is 0.507 e. The van der Waals surface area contributed by atoms with Crippen LogP contribution in [0.2, 0.25) is 0 Å². The number of ether oxygens (including phenoxy) is 3. The van der Waals surface area contributed by atoms with Crippen LogP contribution in [0.5, 0.6) is 17.2 Å². The molecule has 0 aliphatic carbocycles. The Morgan fingerprint density at radius 1 is 1.09 bits per heavy atom. The minimum atomic E-state index is -0.861. The van der Waals surface area contributed by atoms with Gasteiger partial charge in [-0.25, -0.2) is 0 Å². The van der Waals surface area contributed by atoms with Gasteiger partial charge in [0.05, 0.1) is 24.4 Å². The predicted molar refractivity (Wildman–Crippen MR) is 126 cm³/mol. The van der Waals surface area contributed by atoms with Crippen LogP contribution in [-0.2, 0) is 16.1 Å². The molecule has 2 aliphatic heterocycles. The lowest BCUT2D eigenvalue weighted by molar-refractivity contribution is -0.140. The molecule has 0 saturated carbocycles. The van der Waals surface area contributed by atoms with E-state index in [1.807, 2.05) is 0 Å². The number of nitrogens with zero attached hydrogens (tertiary/aromatic N) is 1. The van der Waals surface area contributed by atoms with E-state index in [2.05, 4.69) is 6.58 Å². The Bertz CT molecular complexity index is 1310. The summed E-state index contributed by atoms with van der Waals surface area (Å²) in [4.78, 5) is 27.8. The van der Waals surface area contributed by atoms with Gasteiger partial charge in [0.15, 0.2) is 11.5 Å². The molecule has 1 amide bonds. The molecule has 1 saturated heterocycles. The minimum Gasteiger partial charge on any atom is -0.507 e.